The van der Waals surface area contributed by atoms with Crippen LogP contribution in [0.4, 0.5) is 0 Å². The standard InChI is InChI=1S/C25H20BrNO5/c1-31-18-10-8-16(21(13-18)32-2)14-27-23(25(29)30)22(15-6-4-3-5-7-15)20-12-17(26)9-11-19(20)24(27)28/h3-13H,14H2,1-2H3,(H,29,30). The lowest BCUT2D eigenvalue weighted by molar-refractivity contribution is 0.0685. The molecular weight excluding hydrogens is 474 g/mol. The highest BCUT2D eigenvalue weighted by atomic mass is 79.9. The maximum absolute atomic E-state index is 13.5. The van der Waals surface area contributed by atoms with Crippen LogP contribution in [0.1, 0.15) is 16.1 Å². The van der Waals surface area contributed by atoms with Crippen molar-refractivity contribution in [1.29, 1.82) is 0 Å². The summed E-state index contributed by atoms with van der Waals surface area (Å²) in [7, 11) is 3.07. The zero-order valence-electron chi connectivity index (χ0n) is 17.5. The van der Waals surface area contributed by atoms with Gasteiger partial charge >= 0.3 is 5.97 Å². The van der Waals surface area contributed by atoms with Gasteiger partial charge in [0.25, 0.3) is 5.56 Å². The van der Waals surface area contributed by atoms with Crippen LogP contribution >= 0.6 is 15.9 Å². The number of nitrogens with zero attached hydrogens (tertiary/aromatic N) is 1. The zero-order chi connectivity index (χ0) is 22.8. The molecule has 1 heterocycles. The Hall–Kier alpha value is -3.58. The minimum absolute atomic E-state index is 0.0273. The van der Waals surface area contributed by atoms with Crippen molar-refractivity contribution in [2.24, 2.45) is 0 Å². The maximum Gasteiger partial charge on any atom is 0.353 e. The van der Waals surface area contributed by atoms with Crippen LogP contribution in [0.25, 0.3) is 21.9 Å². The predicted octanol–water partition coefficient (Wildman–Crippen LogP) is 5.19. The molecule has 0 unspecified atom stereocenters. The number of carboxylic acid groups (broad SMARTS) is 1. The summed E-state index contributed by atoms with van der Waals surface area (Å²) in [4.78, 5) is 26.0. The van der Waals surface area contributed by atoms with E-state index in [2.05, 4.69) is 15.9 Å². The molecule has 0 spiro atoms. The first-order valence-corrected chi connectivity index (χ1v) is 10.6. The number of hydrogen-bond donors (Lipinski definition) is 1. The highest BCUT2D eigenvalue weighted by Gasteiger charge is 2.24. The van der Waals surface area contributed by atoms with Gasteiger partial charge in [-0.25, -0.2) is 4.79 Å². The second-order valence-electron chi connectivity index (χ2n) is 7.15. The lowest BCUT2D eigenvalue weighted by atomic mass is 9.96. The van der Waals surface area contributed by atoms with E-state index in [1.807, 2.05) is 30.3 Å². The van der Waals surface area contributed by atoms with Crippen LogP contribution in [0.15, 0.2) is 76.0 Å². The third-order valence-electron chi connectivity index (χ3n) is 5.32. The Morgan fingerprint density at radius 3 is 2.38 bits per heavy atom. The molecule has 0 atom stereocenters. The smallest absolute Gasteiger partial charge is 0.353 e. The number of fused-ring (bicyclic) bond motifs is 1. The van der Waals surface area contributed by atoms with E-state index in [1.54, 1.807) is 43.5 Å². The number of carbonyl (C=O) groups is 1. The lowest BCUT2D eigenvalue weighted by Crippen LogP contribution is -2.28. The summed E-state index contributed by atoms with van der Waals surface area (Å²) in [5, 5.41) is 11.2. The third kappa shape index (κ3) is 3.87. The maximum atomic E-state index is 13.5. The monoisotopic (exact) mass is 493 g/mol. The largest absolute Gasteiger partial charge is 0.497 e. The molecule has 32 heavy (non-hydrogen) atoms. The summed E-state index contributed by atoms with van der Waals surface area (Å²) in [6.45, 7) is 0.0273. The van der Waals surface area contributed by atoms with E-state index in [-0.39, 0.29) is 17.8 Å². The first-order chi connectivity index (χ1) is 15.4. The molecule has 0 radical (unpaired) electrons. The van der Waals surface area contributed by atoms with Crippen LogP contribution in [0.5, 0.6) is 11.5 Å². The molecule has 162 valence electrons. The Morgan fingerprint density at radius 2 is 1.72 bits per heavy atom. The SMILES string of the molecule is COc1ccc(Cn2c(C(=O)O)c(-c3ccccc3)c3cc(Br)ccc3c2=O)c(OC)c1. The Kier molecular flexibility index (Phi) is 6.01. The van der Waals surface area contributed by atoms with E-state index in [9.17, 15) is 14.7 Å². The zero-order valence-corrected chi connectivity index (χ0v) is 19.0. The Balaban J connectivity index is 2.07. The van der Waals surface area contributed by atoms with Crippen molar-refractivity contribution in [1.82, 2.24) is 4.57 Å². The first kappa shape index (κ1) is 21.6. The van der Waals surface area contributed by atoms with Crippen LogP contribution in [0, 0.1) is 0 Å². The molecule has 0 aliphatic heterocycles. The normalized spacial score (nSPS) is 10.8. The number of hydrogen-bond acceptors (Lipinski definition) is 4. The molecule has 1 N–H and O–H groups in total. The Labute approximate surface area is 192 Å². The molecule has 0 aliphatic carbocycles. The van der Waals surface area contributed by atoms with Gasteiger partial charge in [-0.2, -0.15) is 0 Å². The molecule has 1 aromatic heterocycles. The molecule has 0 saturated heterocycles. The van der Waals surface area contributed by atoms with Gasteiger partial charge in [0.05, 0.1) is 20.8 Å². The van der Waals surface area contributed by atoms with Gasteiger partial charge in [-0.3, -0.25) is 9.36 Å². The fourth-order valence-corrected chi connectivity index (χ4v) is 4.20. The van der Waals surface area contributed by atoms with Crippen molar-refractivity contribution in [3.8, 4) is 22.6 Å². The number of carboxylic acids is 1. The summed E-state index contributed by atoms with van der Waals surface area (Å²) in [6, 6.07) is 19.7. The number of benzene rings is 3. The van der Waals surface area contributed by atoms with E-state index >= 15 is 0 Å². The number of methoxy groups -OCH3 is 2. The molecule has 4 aromatic rings. The quantitative estimate of drug-likeness (QED) is 0.399. The average Bonchev–Trinajstić information content (AvgIpc) is 2.80. The highest BCUT2D eigenvalue weighted by Crippen LogP contribution is 2.33. The van der Waals surface area contributed by atoms with Crippen LogP contribution < -0.4 is 15.0 Å². The number of pyridine rings is 1. The number of ether oxygens (including phenoxy) is 2. The fourth-order valence-electron chi connectivity index (χ4n) is 3.84. The van der Waals surface area contributed by atoms with E-state index in [4.69, 9.17) is 9.47 Å². The summed E-state index contributed by atoms with van der Waals surface area (Å²) in [5.41, 5.74) is 1.39. The molecule has 4 rings (SSSR count). The number of halogens is 1. The minimum Gasteiger partial charge on any atom is -0.497 e. The van der Waals surface area contributed by atoms with Crippen LogP contribution in [0.3, 0.4) is 0 Å². The first-order valence-electron chi connectivity index (χ1n) is 9.80. The Bertz CT molecular complexity index is 1380. The van der Waals surface area contributed by atoms with E-state index < -0.39 is 5.97 Å². The third-order valence-corrected chi connectivity index (χ3v) is 5.81. The average molecular weight is 494 g/mol. The number of aromatic carboxylic acids is 1. The molecule has 0 saturated carbocycles. The van der Waals surface area contributed by atoms with Crippen molar-refractivity contribution in [2.75, 3.05) is 14.2 Å². The minimum atomic E-state index is -1.18. The van der Waals surface area contributed by atoms with Crippen LogP contribution in [-0.2, 0) is 6.54 Å². The van der Waals surface area contributed by atoms with Gasteiger partial charge in [0.1, 0.15) is 17.2 Å². The topological polar surface area (TPSA) is 77.8 Å². The van der Waals surface area contributed by atoms with Crippen molar-refractivity contribution in [3.63, 3.8) is 0 Å². The van der Waals surface area contributed by atoms with E-state index in [0.717, 1.165) is 4.47 Å². The summed E-state index contributed by atoms with van der Waals surface area (Å²) in [5.74, 6) is -0.0789. The van der Waals surface area contributed by atoms with Crippen molar-refractivity contribution in [3.05, 3.63) is 92.8 Å². The van der Waals surface area contributed by atoms with Crippen LogP contribution in [-0.4, -0.2) is 29.9 Å². The molecule has 0 amide bonds. The molecule has 6 nitrogen and oxygen atoms in total. The second kappa shape index (κ2) is 8.88. The predicted molar refractivity (Wildman–Crippen MR) is 127 cm³/mol. The second-order valence-corrected chi connectivity index (χ2v) is 8.07. The molecule has 7 heteroatoms. The van der Waals surface area contributed by atoms with Gasteiger partial charge in [-0.05, 0) is 41.3 Å². The molecule has 3 aromatic carbocycles. The van der Waals surface area contributed by atoms with E-state index in [1.165, 1.54) is 11.7 Å². The van der Waals surface area contributed by atoms with Crippen molar-refractivity contribution in [2.45, 2.75) is 6.54 Å². The van der Waals surface area contributed by atoms with Crippen molar-refractivity contribution < 1.29 is 19.4 Å². The van der Waals surface area contributed by atoms with Gasteiger partial charge in [-0.15, -0.1) is 0 Å². The van der Waals surface area contributed by atoms with E-state index in [0.29, 0.717) is 39.0 Å². The van der Waals surface area contributed by atoms with Crippen LogP contribution in [0.2, 0.25) is 0 Å². The van der Waals surface area contributed by atoms with Gasteiger partial charge in [-0.1, -0.05) is 46.3 Å². The molecular formula is C25H20BrNO5. The van der Waals surface area contributed by atoms with Crippen molar-refractivity contribution >= 4 is 32.7 Å². The fraction of sp³-hybridized carbons (Fsp3) is 0.120. The summed E-state index contributed by atoms with van der Waals surface area (Å²) < 4.78 is 12.8. The number of aromatic nitrogens is 1. The lowest BCUT2D eigenvalue weighted by Gasteiger charge is -2.19. The molecule has 0 fully saturated rings. The molecule has 0 bridgehead atoms. The summed E-state index contributed by atoms with van der Waals surface area (Å²) >= 11 is 3.45. The van der Waals surface area contributed by atoms with Gasteiger partial charge in [0.15, 0.2) is 0 Å². The Morgan fingerprint density at radius 1 is 0.969 bits per heavy atom. The van der Waals surface area contributed by atoms with Gasteiger partial charge in [0.2, 0.25) is 0 Å². The summed E-state index contributed by atoms with van der Waals surface area (Å²) in [6.07, 6.45) is 0. The number of rotatable bonds is 6. The van der Waals surface area contributed by atoms with Gasteiger partial charge < -0.3 is 14.6 Å². The highest BCUT2D eigenvalue weighted by molar-refractivity contribution is 9.10. The van der Waals surface area contributed by atoms with Gasteiger partial charge in [0, 0.05) is 27.1 Å². The molecule has 0 aliphatic rings.